The number of carbonyl (C=O) groups is 1. The highest BCUT2D eigenvalue weighted by molar-refractivity contribution is 6.06. The highest BCUT2D eigenvalue weighted by Gasteiger charge is 2.43. The molecule has 0 aromatic heterocycles. The molecule has 0 saturated carbocycles. The summed E-state index contributed by atoms with van der Waals surface area (Å²) in [5.41, 5.74) is 1.79. The summed E-state index contributed by atoms with van der Waals surface area (Å²) in [5.74, 6) is -0.673. The van der Waals surface area contributed by atoms with Crippen LogP contribution in [-0.4, -0.2) is 18.3 Å². The van der Waals surface area contributed by atoms with Gasteiger partial charge in [-0.25, -0.2) is 0 Å². The van der Waals surface area contributed by atoms with Crippen molar-refractivity contribution in [1.82, 2.24) is 0 Å². The second-order valence-electron chi connectivity index (χ2n) is 5.10. The van der Waals surface area contributed by atoms with E-state index in [0.717, 1.165) is 17.7 Å². The quantitative estimate of drug-likeness (QED) is 0.415. The number of halogens is 4. The first-order valence-corrected chi connectivity index (χ1v) is 7.02. The molecule has 0 aliphatic heterocycles. The summed E-state index contributed by atoms with van der Waals surface area (Å²) in [6.07, 6.45) is -5.82. The Bertz CT molecular complexity index is 754. The Morgan fingerprint density at radius 1 is 1.12 bits per heavy atom. The van der Waals surface area contributed by atoms with Gasteiger partial charge in [-0.2, -0.15) is 17.6 Å². The molecule has 2 rings (SSSR count). The standard InChI is InChI=1S/C18H14F4O2/c1-12-4-2-6-14(10-12)16(23)9-8-13-5-3-7-15(11-13)24-18(21,22)17(19)20/h2-11,17H,1H3/b9-8+. The zero-order valence-corrected chi connectivity index (χ0v) is 12.7. The van der Waals surface area contributed by atoms with Crippen molar-refractivity contribution in [3.05, 3.63) is 71.3 Å². The SMILES string of the molecule is Cc1cccc(C(=O)/C=C/c2cccc(OC(F)(F)C(F)F)c2)c1. The van der Waals surface area contributed by atoms with Crippen LogP contribution in [0.25, 0.3) is 6.08 Å². The molecule has 0 atom stereocenters. The molecule has 0 spiro atoms. The Morgan fingerprint density at radius 3 is 2.50 bits per heavy atom. The third kappa shape index (κ3) is 4.68. The first-order chi connectivity index (χ1) is 11.3. The van der Waals surface area contributed by atoms with Gasteiger partial charge in [0.25, 0.3) is 0 Å². The van der Waals surface area contributed by atoms with E-state index in [-0.39, 0.29) is 5.78 Å². The molecule has 0 radical (unpaired) electrons. The number of rotatable bonds is 6. The van der Waals surface area contributed by atoms with Crippen molar-refractivity contribution >= 4 is 11.9 Å². The lowest BCUT2D eigenvalue weighted by atomic mass is 10.1. The third-order valence-electron chi connectivity index (χ3n) is 3.10. The normalized spacial score (nSPS) is 11.9. The van der Waals surface area contributed by atoms with Crippen LogP contribution in [0.1, 0.15) is 21.5 Å². The van der Waals surface area contributed by atoms with Gasteiger partial charge in [-0.3, -0.25) is 4.79 Å². The molecule has 0 bridgehead atoms. The molecule has 2 nitrogen and oxygen atoms in total. The predicted molar refractivity (Wildman–Crippen MR) is 82.6 cm³/mol. The molecule has 0 aliphatic carbocycles. The summed E-state index contributed by atoms with van der Waals surface area (Å²) in [6.45, 7) is 1.85. The molecule has 126 valence electrons. The van der Waals surface area contributed by atoms with Gasteiger partial charge in [0.05, 0.1) is 0 Å². The van der Waals surface area contributed by atoms with Crippen LogP contribution in [0.3, 0.4) is 0 Å². The molecular weight excluding hydrogens is 324 g/mol. The van der Waals surface area contributed by atoms with Crippen LogP contribution in [0, 0.1) is 6.92 Å². The van der Waals surface area contributed by atoms with Gasteiger partial charge in [-0.05, 0) is 36.8 Å². The van der Waals surface area contributed by atoms with Crippen molar-refractivity contribution in [1.29, 1.82) is 0 Å². The number of aryl methyl sites for hydroxylation is 1. The number of alkyl halides is 4. The molecular formula is C18H14F4O2. The molecule has 24 heavy (non-hydrogen) atoms. The summed E-state index contributed by atoms with van der Waals surface area (Å²) in [6, 6.07) is 12.2. The van der Waals surface area contributed by atoms with E-state index in [1.165, 1.54) is 24.3 Å². The van der Waals surface area contributed by atoms with Crippen molar-refractivity contribution in [2.24, 2.45) is 0 Å². The molecule has 2 aromatic carbocycles. The van der Waals surface area contributed by atoms with E-state index in [0.29, 0.717) is 11.1 Å². The molecule has 6 heteroatoms. The first-order valence-electron chi connectivity index (χ1n) is 7.02. The minimum atomic E-state index is -4.57. The maximum Gasteiger partial charge on any atom is 0.461 e. The van der Waals surface area contributed by atoms with Gasteiger partial charge in [0, 0.05) is 5.56 Å². The average molecular weight is 338 g/mol. The monoisotopic (exact) mass is 338 g/mol. The second-order valence-corrected chi connectivity index (χ2v) is 5.10. The minimum absolute atomic E-state index is 0.261. The van der Waals surface area contributed by atoms with Gasteiger partial charge in [0.15, 0.2) is 5.78 Å². The zero-order valence-electron chi connectivity index (χ0n) is 12.7. The van der Waals surface area contributed by atoms with Crippen LogP contribution in [0.5, 0.6) is 5.75 Å². The van der Waals surface area contributed by atoms with Crippen molar-refractivity contribution in [2.75, 3.05) is 0 Å². The van der Waals surface area contributed by atoms with Crippen LogP contribution >= 0.6 is 0 Å². The summed E-state index contributed by atoms with van der Waals surface area (Å²) in [5, 5.41) is 0. The minimum Gasteiger partial charge on any atom is -0.428 e. The number of benzene rings is 2. The molecule has 0 heterocycles. The lowest BCUT2D eigenvalue weighted by Gasteiger charge is -2.16. The van der Waals surface area contributed by atoms with Gasteiger partial charge >= 0.3 is 12.5 Å². The molecule has 0 saturated heterocycles. The summed E-state index contributed by atoms with van der Waals surface area (Å²) in [4.78, 5) is 12.0. The zero-order chi connectivity index (χ0) is 17.7. The van der Waals surface area contributed by atoms with Crippen LogP contribution in [0.4, 0.5) is 17.6 Å². The summed E-state index contributed by atoms with van der Waals surface area (Å²) in [7, 11) is 0. The molecule has 0 unspecified atom stereocenters. The van der Waals surface area contributed by atoms with Crippen LogP contribution in [0.2, 0.25) is 0 Å². The van der Waals surface area contributed by atoms with Crippen LogP contribution in [0.15, 0.2) is 54.6 Å². The van der Waals surface area contributed by atoms with Crippen molar-refractivity contribution in [2.45, 2.75) is 19.5 Å². The number of hydrogen-bond acceptors (Lipinski definition) is 2. The number of ketones is 1. The predicted octanol–water partition coefficient (Wildman–Crippen LogP) is 5.13. The number of hydrogen-bond donors (Lipinski definition) is 0. The fourth-order valence-corrected chi connectivity index (χ4v) is 1.95. The lowest BCUT2D eigenvalue weighted by Crippen LogP contribution is -2.33. The molecule has 0 amide bonds. The maximum atomic E-state index is 12.9. The van der Waals surface area contributed by atoms with E-state index in [2.05, 4.69) is 4.74 Å². The fraction of sp³-hybridized carbons (Fsp3) is 0.167. The topological polar surface area (TPSA) is 26.3 Å². The number of allylic oxidation sites excluding steroid dienone is 1. The molecule has 0 N–H and O–H groups in total. The van der Waals surface area contributed by atoms with Crippen molar-refractivity contribution in [3.8, 4) is 5.75 Å². The fourth-order valence-electron chi connectivity index (χ4n) is 1.95. The van der Waals surface area contributed by atoms with Crippen molar-refractivity contribution in [3.63, 3.8) is 0 Å². The number of carbonyl (C=O) groups excluding carboxylic acids is 1. The van der Waals surface area contributed by atoms with Gasteiger partial charge in [-0.15, -0.1) is 0 Å². The third-order valence-corrected chi connectivity index (χ3v) is 3.10. The Hall–Kier alpha value is -2.63. The van der Waals surface area contributed by atoms with Crippen molar-refractivity contribution < 1.29 is 27.1 Å². The van der Waals surface area contributed by atoms with Crippen LogP contribution in [-0.2, 0) is 0 Å². The van der Waals surface area contributed by atoms with E-state index in [4.69, 9.17) is 0 Å². The number of ether oxygens (including phenoxy) is 1. The van der Waals surface area contributed by atoms with Gasteiger partial charge < -0.3 is 4.74 Å². The van der Waals surface area contributed by atoms with Gasteiger partial charge in [-0.1, -0.05) is 42.0 Å². The van der Waals surface area contributed by atoms with E-state index >= 15 is 0 Å². The van der Waals surface area contributed by atoms with Gasteiger partial charge in [0.1, 0.15) is 5.75 Å². The average Bonchev–Trinajstić information content (AvgIpc) is 2.52. The largest absolute Gasteiger partial charge is 0.461 e. The Morgan fingerprint density at radius 2 is 1.83 bits per heavy atom. The first kappa shape index (κ1) is 17.7. The highest BCUT2D eigenvalue weighted by Crippen LogP contribution is 2.28. The van der Waals surface area contributed by atoms with E-state index in [9.17, 15) is 22.4 Å². The summed E-state index contributed by atoms with van der Waals surface area (Å²) >= 11 is 0. The van der Waals surface area contributed by atoms with E-state index in [1.807, 2.05) is 13.0 Å². The maximum absolute atomic E-state index is 12.9. The van der Waals surface area contributed by atoms with Crippen LogP contribution < -0.4 is 4.74 Å². The Balaban J connectivity index is 2.13. The van der Waals surface area contributed by atoms with E-state index in [1.54, 1.807) is 18.2 Å². The highest BCUT2D eigenvalue weighted by atomic mass is 19.3. The second kappa shape index (κ2) is 7.29. The molecule has 2 aromatic rings. The van der Waals surface area contributed by atoms with E-state index < -0.39 is 18.3 Å². The molecule has 0 fully saturated rings. The Kier molecular flexibility index (Phi) is 5.39. The molecule has 0 aliphatic rings. The van der Waals surface area contributed by atoms with Gasteiger partial charge in [0.2, 0.25) is 0 Å². The lowest BCUT2D eigenvalue weighted by molar-refractivity contribution is -0.253. The summed E-state index contributed by atoms with van der Waals surface area (Å²) < 4.78 is 54.1. The smallest absolute Gasteiger partial charge is 0.428 e. The Labute approximate surface area is 136 Å².